The van der Waals surface area contributed by atoms with Gasteiger partial charge in [0, 0.05) is 5.56 Å². The van der Waals surface area contributed by atoms with Crippen LogP contribution in [0.4, 0.5) is 0 Å². The van der Waals surface area contributed by atoms with Gasteiger partial charge in [-0.25, -0.2) is 0 Å². The molecule has 0 bridgehead atoms. The highest BCUT2D eigenvalue weighted by Crippen LogP contribution is 2.32. The number of nitrogens with one attached hydrogen (secondary N) is 1. The lowest BCUT2D eigenvalue weighted by molar-refractivity contribution is 0.0934. The van der Waals surface area contributed by atoms with Crippen molar-refractivity contribution in [2.45, 2.75) is 6.04 Å². The van der Waals surface area contributed by atoms with Gasteiger partial charge in [0.25, 0.3) is 5.91 Å². The zero-order valence-corrected chi connectivity index (χ0v) is 12.1. The van der Waals surface area contributed by atoms with Gasteiger partial charge in [-0.1, -0.05) is 30.0 Å². The summed E-state index contributed by atoms with van der Waals surface area (Å²) in [5.41, 5.74) is 6.35. The van der Waals surface area contributed by atoms with Crippen molar-refractivity contribution in [3.63, 3.8) is 0 Å². The molecule has 1 amide bonds. The number of hydrogen-bond donors (Lipinski definition) is 2. The Morgan fingerprint density at radius 2 is 2.24 bits per heavy atom. The van der Waals surface area contributed by atoms with Crippen LogP contribution in [0.3, 0.4) is 0 Å². The molecule has 0 aliphatic carbocycles. The first kappa shape index (κ1) is 13.7. The molecule has 0 spiro atoms. The van der Waals surface area contributed by atoms with E-state index in [-0.39, 0.29) is 11.9 Å². The topological polar surface area (TPSA) is 64.4 Å². The van der Waals surface area contributed by atoms with Gasteiger partial charge in [0.2, 0.25) is 0 Å². The lowest BCUT2D eigenvalue weighted by Gasteiger charge is -2.10. The zero-order chi connectivity index (χ0) is 14.7. The highest BCUT2D eigenvalue weighted by atomic mass is 32.1. The Kier molecular flexibility index (Phi) is 3.91. The van der Waals surface area contributed by atoms with E-state index in [9.17, 15) is 4.79 Å². The fourth-order valence-electron chi connectivity index (χ4n) is 2.18. The maximum atomic E-state index is 12.3. The largest absolute Gasteiger partial charge is 0.491 e. The van der Waals surface area contributed by atoms with Crippen molar-refractivity contribution in [1.82, 2.24) is 5.32 Å². The smallest absolute Gasteiger partial charge is 0.261 e. The van der Waals surface area contributed by atoms with Crippen LogP contribution in [0, 0.1) is 11.8 Å². The van der Waals surface area contributed by atoms with E-state index in [4.69, 9.17) is 10.5 Å². The Morgan fingerprint density at radius 1 is 1.38 bits per heavy atom. The summed E-state index contributed by atoms with van der Waals surface area (Å²) in [6, 6.07) is 11.3. The summed E-state index contributed by atoms with van der Waals surface area (Å²) in [4.78, 5) is 13.7. The van der Waals surface area contributed by atoms with Gasteiger partial charge < -0.3 is 15.8 Å². The predicted molar refractivity (Wildman–Crippen MR) is 82.4 cm³/mol. The third kappa shape index (κ3) is 2.92. The number of nitrogens with two attached hydrogens (primary N) is 1. The van der Waals surface area contributed by atoms with E-state index in [1.54, 1.807) is 6.07 Å². The van der Waals surface area contributed by atoms with Crippen LogP contribution < -0.4 is 15.8 Å². The standard InChI is InChI=1S/C16H14N2O2S/c17-9-3-4-11-7-8-15(21-11)16(19)18-13-10-20-14-6-2-1-5-12(13)14/h1-2,5-8,13H,9-10,17H2,(H,18,19). The molecule has 0 saturated carbocycles. The fourth-order valence-corrected chi connectivity index (χ4v) is 2.96. The van der Waals surface area contributed by atoms with Crippen LogP contribution in [-0.2, 0) is 0 Å². The van der Waals surface area contributed by atoms with Crippen LogP contribution >= 0.6 is 11.3 Å². The number of benzene rings is 1. The molecule has 1 aromatic heterocycles. The van der Waals surface area contributed by atoms with Gasteiger partial charge in [0.05, 0.1) is 22.3 Å². The number of thiophene rings is 1. The molecule has 106 valence electrons. The van der Waals surface area contributed by atoms with Crippen LogP contribution in [0.5, 0.6) is 5.75 Å². The minimum absolute atomic E-state index is 0.102. The molecular formula is C16H14N2O2S. The second kappa shape index (κ2) is 6.00. The van der Waals surface area contributed by atoms with Crippen LogP contribution in [0.2, 0.25) is 0 Å². The molecule has 5 heteroatoms. The lowest BCUT2D eigenvalue weighted by atomic mass is 10.1. The second-order valence-electron chi connectivity index (χ2n) is 4.54. The van der Waals surface area contributed by atoms with Crippen molar-refractivity contribution in [3.8, 4) is 17.6 Å². The first-order valence-electron chi connectivity index (χ1n) is 6.59. The maximum absolute atomic E-state index is 12.3. The molecule has 3 N–H and O–H groups in total. The number of rotatable bonds is 2. The predicted octanol–water partition coefficient (Wildman–Crippen LogP) is 1.92. The first-order chi connectivity index (χ1) is 10.3. The van der Waals surface area contributed by atoms with Gasteiger partial charge in [-0.3, -0.25) is 4.79 Å². The molecule has 1 unspecified atom stereocenters. The van der Waals surface area contributed by atoms with Crippen molar-refractivity contribution in [2.75, 3.05) is 13.2 Å². The van der Waals surface area contributed by atoms with Crippen molar-refractivity contribution >= 4 is 17.2 Å². The zero-order valence-electron chi connectivity index (χ0n) is 11.3. The van der Waals surface area contributed by atoms with Crippen molar-refractivity contribution in [1.29, 1.82) is 0 Å². The Labute approximate surface area is 126 Å². The van der Waals surface area contributed by atoms with Gasteiger partial charge in [-0.05, 0) is 18.2 Å². The summed E-state index contributed by atoms with van der Waals surface area (Å²) < 4.78 is 5.56. The molecule has 1 aromatic carbocycles. The summed E-state index contributed by atoms with van der Waals surface area (Å²) in [6.07, 6.45) is 0. The third-order valence-electron chi connectivity index (χ3n) is 3.15. The summed E-state index contributed by atoms with van der Waals surface area (Å²) in [6.45, 7) is 0.784. The molecule has 2 aromatic rings. The average Bonchev–Trinajstić information content (AvgIpc) is 3.13. The molecule has 0 radical (unpaired) electrons. The van der Waals surface area contributed by atoms with Crippen molar-refractivity contribution < 1.29 is 9.53 Å². The van der Waals surface area contributed by atoms with Crippen molar-refractivity contribution in [3.05, 3.63) is 51.7 Å². The Hall–Kier alpha value is -2.29. The SMILES string of the molecule is NCC#Cc1ccc(C(=O)NC2COc3ccccc32)s1. The van der Waals surface area contributed by atoms with Gasteiger partial charge >= 0.3 is 0 Å². The fraction of sp³-hybridized carbons (Fsp3) is 0.188. The van der Waals surface area contributed by atoms with E-state index in [2.05, 4.69) is 17.2 Å². The second-order valence-corrected chi connectivity index (χ2v) is 5.63. The molecule has 2 heterocycles. The summed E-state index contributed by atoms with van der Waals surface area (Å²) in [7, 11) is 0. The van der Waals surface area contributed by atoms with Crippen LogP contribution in [-0.4, -0.2) is 19.1 Å². The number of amides is 1. The Bertz CT molecular complexity index is 727. The number of fused-ring (bicyclic) bond motifs is 1. The number of ether oxygens (including phenoxy) is 1. The van der Waals surface area contributed by atoms with Gasteiger partial charge in [-0.2, -0.15) is 0 Å². The summed E-state index contributed by atoms with van der Waals surface area (Å²) in [5.74, 6) is 6.44. The van der Waals surface area contributed by atoms with Gasteiger partial charge in [0.15, 0.2) is 0 Å². The molecule has 1 atom stereocenters. The normalized spacial score (nSPS) is 15.6. The lowest BCUT2D eigenvalue weighted by Crippen LogP contribution is -2.28. The molecule has 3 rings (SSSR count). The molecule has 1 aliphatic heterocycles. The minimum atomic E-state index is -0.105. The number of carbonyl (C=O) groups excluding carboxylic acids is 1. The van der Waals surface area contributed by atoms with E-state index in [1.807, 2.05) is 30.3 Å². The highest BCUT2D eigenvalue weighted by molar-refractivity contribution is 7.14. The maximum Gasteiger partial charge on any atom is 0.261 e. The molecule has 4 nitrogen and oxygen atoms in total. The van der Waals surface area contributed by atoms with E-state index in [1.165, 1.54) is 11.3 Å². The quantitative estimate of drug-likeness (QED) is 0.833. The van der Waals surface area contributed by atoms with Crippen molar-refractivity contribution in [2.24, 2.45) is 5.73 Å². The number of hydrogen-bond acceptors (Lipinski definition) is 4. The van der Waals surface area contributed by atoms with Gasteiger partial charge in [-0.15, -0.1) is 11.3 Å². The molecule has 0 fully saturated rings. The third-order valence-corrected chi connectivity index (χ3v) is 4.15. The number of carbonyl (C=O) groups is 1. The molecule has 21 heavy (non-hydrogen) atoms. The molecule has 1 aliphatic rings. The average molecular weight is 298 g/mol. The van der Waals surface area contributed by atoms with Crippen LogP contribution in [0.1, 0.15) is 26.2 Å². The number of para-hydroxylation sites is 1. The highest BCUT2D eigenvalue weighted by Gasteiger charge is 2.25. The van der Waals surface area contributed by atoms with Gasteiger partial charge in [0.1, 0.15) is 12.4 Å². The van der Waals surface area contributed by atoms with Crippen LogP contribution in [0.25, 0.3) is 0 Å². The summed E-state index contributed by atoms with van der Waals surface area (Å²) >= 11 is 1.36. The minimum Gasteiger partial charge on any atom is -0.491 e. The molecular weight excluding hydrogens is 284 g/mol. The Morgan fingerprint density at radius 3 is 3.10 bits per heavy atom. The van der Waals surface area contributed by atoms with E-state index in [0.717, 1.165) is 16.2 Å². The summed E-state index contributed by atoms with van der Waals surface area (Å²) in [5, 5.41) is 2.99. The van der Waals surface area contributed by atoms with E-state index < -0.39 is 0 Å². The Balaban J connectivity index is 1.71. The van der Waals surface area contributed by atoms with E-state index >= 15 is 0 Å². The van der Waals surface area contributed by atoms with E-state index in [0.29, 0.717) is 18.0 Å². The molecule has 0 saturated heterocycles. The van der Waals surface area contributed by atoms with Crippen LogP contribution in [0.15, 0.2) is 36.4 Å². The monoisotopic (exact) mass is 298 g/mol. The first-order valence-corrected chi connectivity index (χ1v) is 7.41.